The summed E-state index contributed by atoms with van der Waals surface area (Å²) in [5.74, 6) is 1.35. The number of ether oxygens (including phenoxy) is 3. The molecule has 0 saturated heterocycles. The van der Waals surface area contributed by atoms with Crippen molar-refractivity contribution in [2.24, 2.45) is 5.92 Å². The summed E-state index contributed by atoms with van der Waals surface area (Å²) in [6, 6.07) is 18.6. The van der Waals surface area contributed by atoms with Gasteiger partial charge in [0.1, 0.15) is 16.6 Å². The Morgan fingerprint density at radius 2 is 1.73 bits per heavy atom. The van der Waals surface area contributed by atoms with Crippen LogP contribution in [0.4, 0.5) is 5.69 Å². The Kier molecular flexibility index (Phi) is 9.66. The number of methoxy groups -OCH3 is 3. The number of carbonyl (C=O) groups is 1. The highest BCUT2D eigenvalue weighted by Gasteiger charge is 2.20. The molecule has 210 valence electrons. The van der Waals surface area contributed by atoms with Gasteiger partial charge >= 0.3 is 0 Å². The third kappa shape index (κ3) is 6.88. The van der Waals surface area contributed by atoms with Crippen LogP contribution in [0.5, 0.6) is 17.2 Å². The molecule has 41 heavy (non-hydrogen) atoms. The van der Waals surface area contributed by atoms with Gasteiger partial charge in [-0.1, -0.05) is 49.7 Å². The molecule has 4 aromatic rings. The summed E-state index contributed by atoms with van der Waals surface area (Å²) in [5, 5.41) is 15.9. The van der Waals surface area contributed by atoms with Crippen molar-refractivity contribution in [2.75, 3.05) is 26.6 Å². The summed E-state index contributed by atoms with van der Waals surface area (Å²) < 4.78 is 16.2. The fourth-order valence-corrected chi connectivity index (χ4v) is 5.27. The van der Waals surface area contributed by atoms with Crippen LogP contribution in [0.25, 0.3) is 16.8 Å². The van der Waals surface area contributed by atoms with Crippen LogP contribution in [0.2, 0.25) is 5.02 Å². The summed E-state index contributed by atoms with van der Waals surface area (Å²) in [4.78, 5) is 18.3. The van der Waals surface area contributed by atoms with E-state index in [1.807, 2.05) is 5.38 Å². The first-order valence-corrected chi connectivity index (χ1v) is 14.1. The minimum atomic E-state index is -0.321. The maximum absolute atomic E-state index is 13.6. The number of carbonyl (C=O) groups excluding carboxylic acids is 1. The molecule has 1 aromatic heterocycles. The molecule has 0 fully saturated rings. The number of nitriles is 1. The Labute approximate surface area is 249 Å². The van der Waals surface area contributed by atoms with Crippen molar-refractivity contribution in [2.45, 2.75) is 20.3 Å². The molecular weight excluding hydrogens is 558 g/mol. The van der Waals surface area contributed by atoms with Gasteiger partial charge in [-0.05, 0) is 48.2 Å². The van der Waals surface area contributed by atoms with Crippen molar-refractivity contribution >= 4 is 40.0 Å². The minimum Gasteiger partial charge on any atom is -0.493 e. The van der Waals surface area contributed by atoms with Crippen LogP contribution in [-0.2, 0) is 6.42 Å². The molecule has 7 nitrogen and oxygen atoms in total. The largest absolute Gasteiger partial charge is 0.493 e. The number of rotatable bonds is 11. The third-order valence-electron chi connectivity index (χ3n) is 6.27. The zero-order valence-electron chi connectivity index (χ0n) is 23.4. The quantitative estimate of drug-likeness (QED) is 0.141. The van der Waals surface area contributed by atoms with Gasteiger partial charge in [0.2, 0.25) is 5.75 Å². The molecule has 0 amide bonds. The second kappa shape index (κ2) is 13.4. The van der Waals surface area contributed by atoms with Gasteiger partial charge in [-0.15, -0.1) is 11.3 Å². The molecule has 0 aliphatic rings. The van der Waals surface area contributed by atoms with Gasteiger partial charge in [-0.2, -0.15) is 5.26 Å². The highest BCUT2D eigenvalue weighted by molar-refractivity contribution is 7.11. The van der Waals surface area contributed by atoms with E-state index in [-0.39, 0.29) is 5.78 Å². The lowest BCUT2D eigenvalue weighted by Gasteiger charge is -2.15. The molecule has 0 aliphatic carbocycles. The Balaban J connectivity index is 1.62. The van der Waals surface area contributed by atoms with Crippen molar-refractivity contribution in [3.8, 4) is 34.6 Å². The lowest BCUT2D eigenvalue weighted by molar-refractivity contribution is 0.103. The second-order valence-electron chi connectivity index (χ2n) is 9.58. The summed E-state index contributed by atoms with van der Waals surface area (Å²) in [6.07, 6.45) is 2.56. The fourth-order valence-electron chi connectivity index (χ4n) is 4.30. The Hall–Kier alpha value is -4.32. The lowest BCUT2D eigenvalue weighted by atomic mass is 10.0. The number of aromatic nitrogens is 1. The maximum atomic E-state index is 13.6. The number of hydrogen-bond donors (Lipinski definition) is 1. The topological polar surface area (TPSA) is 93.5 Å². The lowest BCUT2D eigenvalue weighted by Crippen LogP contribution is -2.07. The molecule has 0 unspecified atom stereocenters. The number of halogens is 1. The van der Waals surface area contributed by atoms with Crippen molar-refractivity contribution in [3.05, 3.63) is 92.9 Å². The number of ketones is 1. The van der Waals surface area contributed by atoms with Gasteiger partial charge in [-0.25, -0.2) is 4.98 Å². The minimum absolute atomic E-state index is 0.307. The van der Waals surface area contributed by atoms with Gasteiger partial charge in [-0.3, -0.25) is 4.79 Å². The molecule has 0 bridgehead atoms. The number of anilines is 1. The summed E-state index contributed by atoms with van der Waals surface area (Å²) in [7, 11) is 4.46. The average molecular weight is 588 g/mol. The molecule has 3 aromatic carbocycles. The van der Waals surface area contributed by atoms with Crippen molar-refractivity contribution < 1.29 is 19.0 Å². The standard InChI is InChI=1S/C32H30ClN3O4S/c1-19(2)12-20-6-8-21(9-7-20)27-18-41-32(36-27)23(16-34)17-35-26-11-10-24(33)15-25(26)30(37)22-13-28(38-3)31(40-5)29(14-22)39-4/h6-11,13-15,17-19,35H,12H2,1-5H3/b23-17+. The molecule has 4 rings (SSSR count). The Bertz CT molecular complexity index is 1600. The summed E-state index contributed by atoms with van der Waals surface area (Å²) in [6.45, 7) is 4.39. The van der Waals surface area contributed by atoms with Gasteiger partial charge in [0.25, 0.3) is 0 Å². The fraction of sp³-hybridized carbons (Fsp3) is 0.219. The number of benzene rings is 3. The maximum Gasteiger partial charge on any atom is 0.203 e. The van der Waals surface area contributed by atoms with Crippen molar-refractivity contribution in [1.29, 1.82) is 5.26 Å². The molecule has 9 heteroatoms. The monoisotopic (exact) mass is 587 g/mol. The highest BCUT2D eigenvalue weighted by Crippen LogP contribution is 2.39. The first-order valence-electron chi connectivity index (χ1n) is 12.8. The van der Waals surface area contributed by atoms with Crippen LogP contribution < -0.4 is 19.5 Å². The highest BCUT2D eigenvalue weighted by atomic mass is 35.5. The van der Waals surface area contributed by atoms with E-state index in [9.17, 15) is 10.1 Å². The van der Waals surface area contributed by atoms with Gasteiger partial charge in [0.15, 0.2) is 17.3 Å². The smallest absolute Gasteiger partial charge is 0.203 e. The molecule has 0 spiro atoms. The molecule has 0 atom stereocenters. The van der Waals surface area contributed by atoms with E-state index in [4.69, 9.17) is 25.8 Å². The molecular formula is C32H30ClN3O4S. The van der Waals surface area contributed by atoms with Crippen LogP contribution in [0.15, 0.2) is 66.2 Å². The molecule has 0 saturated carbocycles. The van der Waals surface area contributed by atoms with E-state index in [0.29, 0.717) is 55.6 Å². The average Bonchev–Trinajstić information content (AvgIpc) is 3.47. The number of thiazole rings is 1. The molecule has 0 aliphatic heterocycles. The predicted octanol–water partition coefficient (Wildman–Crippen LogP) is 7.90. The van der Waals surface area contributed by atoms with E-state index in [1.165, 1.54) is 38.2 Å². The second-order valence-corrected chi connectivity index (χ2v) is 10.9. The number of nitrogens with zero attached hydrogens (tertiary/aromatic N) is 2. The normalized spacial score (nSPS) is 11.2. The molecule has 1 N–H and O–H groups in total. The summed E-state index contributed by atoms with van der Waals surface area (Å²) in [5.41, 5.74) is 4.49. The number of nitrogens with one attached hydrogen (secondary N) is 1. The van der Waals surface area contributed by atoms with Crippen molar-refractivity contribution in [1.82, 2.24) is 4.98 Å². The van der Waals surface area contributed by atoms with E-state index >= 15 is 0 Å². The van der Waals surface area contributed by atoms with Crippen LogP contribution in [0, 0.1) is 17.2 Å². The van der Waals surface area contributed by atoms with Crippen LogP contribution in [0.1, 0.15) is 40.3 Å². The van der Waals surface area contributed by atoms with Gasteiger partial charge < -0.3 is 19.5 Å². The van der Waals surface area contributed by atoms with E-state index in [1.54, 1.807) is 36.5 Å². The van der Waals surface area contributed by atoms with Crippen molar-refractivity contribution in [3.63, 3.8) is 0 Å². The van der Waals surface area contributed by atoms with Crippen LogP contribution in [0.3, 0.4) is 0 Å². The first-order chi connectivity index (χ1) is 19.8. The van der Waals surface area contributed by atoms with Gasteiger partial charge in [0.05, 0.1) is 27.0 Å². The van der Waals surface area contributed by atoms with Crippen LogP contribution in [-0.4, -0.2) is 32.1 Å². The summed E-state index contributed by atoms with van der Waals surface area (Å²) >= 11 is 7.65. The van der Waals surface area contributed by atoms with E-state index in [2.05, 4.69) is 54.5 Å². The zero-order chi connectivity index (χ0) is 29.5. The molecule has 1 heterocycles. The van der Waals surface area contributed by atoms with Gasteiger partial charge in [0, 0.05) is 39.0 Å². The zero-order valence-corrected chi connectivity index (χ0v) is 25.0. The van der Waals surface area contributed by atoms with E-state index in [0.717, 1.165) is 17.7 Å². The van der Waals surface area contributed by atoms with Crippen LogP contribution >= 0.6 is 22.9 Å². The first kappa shape index (κ1) is 29.7. The van der Waals surface area contributed by atoms with E-state index < -0.39 is 0 Å². The predicted molar refractivity (Wildman–Crippen MR) is 164 cm³/mol. The SMILES string of the molecule is COc1cc(C(=O)c2cc(Cl)ccc2N/C=C(\C#N)c2nc(-c3ccc(CC(C)C)cc3)cs2)cc(OC)c1OC. The Morgan fingerprint density at radius 3 is 2.32 bits per heavy atom. The number of allylic oxidation sites excluding steroid dienone is 1. The third-order valence-corrected chi connectivity index (χ3v) is 7.38. The number of hydrogen-bond acceptors (Lipinski definition) is 8. The molecule has 0 radical (unpaired) electrons. The Morgan fingerprint density at radius 1 is 1.05 bits per heavy atom.